The number of carbonyl (C=O) groups excluding carboxylic acids is 1. The molecule has 0 aliphatic rings. The number of carbonyl (C=O) groups is 1. The number of nitro benzene ring substituents is 1. The number of methoxy groups -OCH3 is 1. The molecule has 0 bridgehead atoms. The van der Waals surface area contributed by atoms with E-state index in [0.717, 1.165) is 0 Å². The Labute approximate surface area is 161 Å². The van der Waals surface area contributed by atoms with E-state index in [1.807, 2.05) is 12.1 Å². The van der Waals surface area contributed by atoms with Crippen LogP contribution in [0.4, 0.5) is 5.69 Å². The summed E-state index contributed by atoms with van der Waals surface area (Å²) in [7, 11) is 1.39. The number of nitrogens with zero attached hydrogens (tertiary/aromatic N) is 1. The van der Waals surface area contributed by atoms with Gasteiger partial charge in [-0.15, -0.1) is 0 Å². The summed E-state index contributed by atoms with van der Waals surface area (Å²) in [6.07, 6.45) is -1.09. The Morgan fingerprint density at radius 2 is 1.57 bits per heavy atom. The van der Waals surface area contributed by atoms with Crippen LogP contribution in [-0.2, 0) is 4.79 Å². The average molecular weight is 379 g/mol. The van der Waals surface area contributed by atoms with E-state index < -0.39 is 17.0 Å². The van der Waals surface area contributed by atoms with Crippen molar-refractivity contribution in [1.82, 2.24) is 0 Å². The van der Waals surface area contributed by atoms with Gasteiger partial charge in [-0.3, -0.25) is 10.1 Å². The number of hydrogen-bond donors (Lipinski definition) is 0. The van der Waals surface area contributed by atoms with Gasteiger partial charge in [0.1, 0.15) is 11.5 Å². The van der Waals surface area contributed by atoms with Gasteiger partial charge in [0.05, 0.1) is 18.1 Å². The predicted octanol–water partition coefficient (Wildman–Crippen LogP) is 4.33. The van der Waals surface area contributed by atoms with Crippen molar-refractivity contribution in [3.05, 3.63) is 94.5 Å². The maximum atomic E-state index is 12.8. The number of rotatable bonds is 7. The van der Waals surface area contributed by atoms with Crippen LogP contribution in [0.2, 0.25) is 0 Å². The Bertz CT molecular complexity index is 959. The molecule has 0 saturated heterocycles. The first kappa shape index (κ1) is 18.9. The van der Waals surface area contributed by atoms with Gasteiger partial charge in [-0.25, -0.2) is 4.79 Å². The fourth-order valence-electron chi connectivity index (χ4n) is 2.53. The van der Waals surface area contributed by atoms with E-state index in [-0.39, 0.29) is 17.2 Å². The average Bonchev–Trinajstić information content (AvgIpc) is 2.73. The van der Waals surface area contributed by atoms with Crippen LogP contribution in [0.1, 0.15) is 11.7 Å². The number of nitro groups is 1. The summed E-state index contributed by atoms with van der Waals surface area (Å²) < 4.78 is 16.1. The quantitative estimate of drug-likeness (QED) is 0.263. The lowest BCUT2D eigenvalue weighted by Gasteiger charge is -2.18. The SMILES string of the molecule is COc1ccc(OC(=O)C(Oc2ccccc2)c2ccccc2)c([N+](=O)[O-])c1. The van der Waals surface area contributed by atoms with Crippen LogP contribution in [0.15, 0.2) is 78.9 Å². The molecule has 28 heavy (non-hydrogen) atoms. The fourth-order valence-corrected chi connectivity index (χ4v) is 2.53. The summed E-state index contributed by atoms with van der Waals surface area (Å²) in [5, 5.41) is 11.3. The summed E-state index contributed by atoms with van der Waals surface area (Å²) >= 11 is 0. The molecule has 142 valence electrons. The van der Waals surface area contributed by atoms with E-state index in [9.17, 15) is 14.9 Å². The second-order valence-corrected chi connectivity index (χ2v) is 5.73. The zero-order valence-corrected chi connectivity index (χ0v) is 15.0. The van der Waals surface area contributed by atoms with Gasteiger partial charge in [-0.05, 0) is 24.3 Å². The van der Waals surface area contributed by atoms with Crippen molar-refractivity contribution in [2.75, 3.05) is 7.11 Å². The van der Waals surface area contributed by atoms with E-state index in [0.29, 0.717) is 11.3 Å². The van der Waals surface area contributed by atoms with Crippen molar-refractivity contribution < 1.29 is 23.9 Å². The molecular weight excluding hydrogens is 362 g/mol. The van der Waals surface area contributed by atoms with Crippen molar-refractivity contribution >= 4 is 11.7 Å². The predicted molar refractivity (Wildman–Crippen MR) is 102 cm³/mol. The van der Waals surface area contributed by atoms with Crippen molar-refractivity contribution in [2.24, 2.45) is 0 Å². The Kier molecular flexibility index (Phi) is 5.86. The maximum absolute atomic E-state index is 12.8. The summed E-state index contributed by atoms with van der Waals surface area (Å²) in [6.45, 7) is 0. The van der Waals surface area contributed by atoms with Crippen molar-refractivity contribution in [2.45, 2.75) is 6.10 Å². The first-order valence-corrected chi connectivity index (χ1v) is 8.39. The molecule has 0 aliphatic heterocycles. The third-order valence-electron chi connectivity index (χ3n) is 3.89. The summed E-state index contributed by atoms with van der Waals surface area (Å²) in [5.41, 5.74) is 0.187. The molecule has 0 aliphatic carbocycles. The standard InChI is InChI=1S/C21H17NO6/c1-26-17-12-13-19(18(14-17)22(24)25)28-21(23)20(15-8-4-2-5-9-15)27-16-10-6-3-7-11-16/h2-14,20H,1H3. The Morgan fingerprint density at radius 1 is 0.929 bits per heavy atom. The molecule has 3 aromatic rings. The lowest BCUT2D eigenvalue weighted by atomic mass is 10.1. The molecule has 0 heterocycles. The monoisotopic (exact) mass is 379 g/mol. The molecule has 0 radical (unpaired) electrons. The molecule has 0 fully saturated rings. The van der Waals surface area contributed by atoms with Crippen LogP contribution < -0.4 is 14.2 Å². The summed E-state index contributed by atoms with van der Waals surface area (Å²) in [6, 6.07) is 21.6. The first-order chi connectivity index (χ1) is 13.6. The van der Waals surface area contributed by atoms with Crippen molar-refractivity contribution in [3.8, 4) is 17.2 Å². The van der Waals surface area contributed by atoms with Gasteiger partial charge in [-0.2, -0.15) is 0 Å². The lowest BCUT2D eigenvalue weighted by molar-refractivity contribution is -0.385. The zero-order valence-electron chi connectivity index (χ0n) is 15.0. The largest absolute Gasteiger partial charge is 0.496 e. The van der Waals surface area contributed by atoms with Gasteiger partial charge in [-0.1, -0.05) is 48.5 Å². The van der Waals surface area contributed by atoms with E-state index >= 15 is 0 Å². The topological polar surface area (TPSA) is 87.9 Å². The molecule has 1 unspecified atom stereocenters. The minimum Gasteiger partial charge on any atom is -0.496 e. The van der Waals surface area contributed by atoms with Crippen LogP contribution in [-0.4, -0.2) is 18.0 Å². The Balaban J connectivity index is 1.91. The van der Waals surface area contributed by atoms with Gasteiger partial charge in [0.25, 0.3) is 0 Å². The molecule has 0 aromatic heterocycles. The highest BCUT2D eigenvalue weighted by Gasteiger charge is 2.28. The minimum absolute atomic E-state index is 0.187. The van der Waals surface area contributed by atoms with E-state index in [2.05, 4.69) is 0 Å². The van der Waals surface area contributed by atoms with Gasteiger partial charge >= 0.3 is 11.7 Å². The third kappa shape index (κ3) is 4.45. The van der Waals surface area contributed by atoms with Crippen LogP contribution >= 0.6 is 0 Å². The van der Waals surface area contributed by atoms with Gasteiger partial charge in [0.15, 0.2) is 0 Å². The molecule has 0 amide bonds. The molecule has 0 N–H and O–H groups in total. The second kappa shape index (κ2) is 8.68. The normalized spacial score (nSPS) is 11.3. The highest BCUT2D eigenvalue weighted by Crippen LogP contribution is 2.33. The molecule has 7 heteroatoms. The van der Waals surface area contributed by atoms with Crippen LogP contribution in [0.5, 0.6) is 17.2 Å². The molecule has 3 rings (SSSR count). The van der Waals surface area contributed by atoms with E-state index in [4.69, 9.17) is 14.2 Å². The second-order valence-electron chi connectivity index (χ2n) is 5.73. The molecule has 0 saturated carbocycles. The van der Waals surface area contributed by atoms with Gasteiger partial charge < -0.3 is 14.2 Å². The zero-order chi connectivity index (χ0) is 19.9. The molecular formula is C21H17NO6. The summed E-state index contributed by atoms with van der Waals surface area (Å²) in [4.78, 5) is 23.5. The number of benzene rings is 3. The third-order valence-corrected chi connectivity index (χ3v) is 3.89. The van der Waals surface area contributed by atoms with Crippen LogP contribution in [0.3, 0.4) is 0 Å². The van der Waals surface area contributed by atoms with Crippen LogP contribution in [0, 0.1) is 10.1 Å². The molecule has 1 atom stereocenters. The smallest absolute Gasteiger partial charge is 0.357 e. The minimum atomic E-state index is -1.09. The number of esters is 1. The molecule has 3 aromatic carbocycles. The number of para-hydroxylation sites is 1. The van der Waals surface area contributed by atoms with Crippen LogP contribution in [0.25, 0.3) is 0 Å². The maximum Gasteiger partial charge on any atom is 0.357 e. The lowest BCUT2D eigenvalue weighted by Crippen LogP contribution is -2.24. The molecule has 7 nitrogen and oxygen atoms in total. The Morgan fingerprint density at radius 3 is 2.18 bits per heavy atom. The van der Waals surface area contributed by atoms with E-state index in [1.54, 1.807) is 48.5 Å². The van der Waals surface area contributed by atoms with Gasteiger partial charge in [0, 0.05) is 5.56 Å². The fraction of sp³-hybridized carbons (Fsp3) is 0.0952. The highest BCUT2D eigenvalue weighted by molar-refractivity contribution is 5.80. The van der Waals surface area contributed by atoms with Crippen molar-refractivity contribution in [3.63, 3.8) is 0 Å². The Hall–Kier alpha value is -3.87. The molecule has 0 spiro atoms. The number of ether oxygens (including phenoxy) is 3. The highest BCUT2D eigenvalue weighted by atomic mass is 16.6. The van der Waals surface area contributed by atoms with Crippen molar-refractivity contribution in [1.29, 1.82) is 0 Å². The van der Waals surface area contributed by atoms with Gasteiger partial charge in [0.2, 0.25) is 11.9 Å². The summed E-state index contributed by atoms with van der Waals surface area (Å²) in [5.74, 6) is -0.208. The number of hydrogen-bond acceptors (Lipinski definition) is 6. The first-order valence-electron chi connectivity index (χ1n) is 8.39. The van der Waals surface area contributed by atoms with E-state index in [1.165, 1.54) is 25.3 Å².